The van der Waals surface area contributed by atoms with Crippen LogP contribution in [0.1, 0.15) is 16.8 Å². The number of nitrogens with zero attached hydrogens (tertiary/aromatic N) is 4. The summed E-state index contributed by atoms with van der Waals surface area (Å²) >= 11 is 0. The molecule has 0 spiro atoms. The Balaban J connectivity index is 1.70. The summed E-state index contributed by atoms with van der Waals surface area (Å²) in [5.74, 6) is 0.0722. The Hall–Kier alpha value is -5.03. The molecule has 182 valence electrons. The Bertz CT molecular complexity index is 1710. The monoisotopic (exact) mass is 490 g/mol. The molecule has 3 aromatic heterocycles. The average Bonchev–Trinajstić information content (AvgIpc) is 2.90. The predicted octanol–water partition coefficient (Wildman–Crippen LogP) is 4.98. The Labute approximate surface area is 212 Å². The van der Waals surface area contributed by atoms with E-state index < -0.39 is 0 Å². The van der Waals surface area contributed by atoms with Crippen molar-refractivity contribution in [3.63, 3.8) is 0 Å². The number of nitrogens with two attached hydrogens (primary N) is 1. The third-order valence-electron chi connectivity index (χ3n) is 6.23. The second-order valence-corrected chi connectivity index (χ2v) is 8.54. The first-order valence-electron chi connectivity index (χ1n) is 11.7. The van der Waals surface area contributed by atoms with Crippen LogP contribution in [0.3, 0.4) is 0 Å². The first-order chi connectivity index (χ1) is 18.0. The fraction of sp³-hybridized carbons (Fsp3) is 0.103. The molecular weight excluding hydrogens is 467 g/mol. The minimum absolute atomic E-state index is 0.0694. The number of benzene rings is 2. The van der Waals surface area contributed by atoms with Crippen molar-refractivity contribution in [3.8, 4) is 28.3 Å². The van der Waals surface area contributed by atoms with Gasteiger partial charge in [-0.2, -0.15) is 10.2 Å². The minimum Gasteiger partial charge on any atom is -0.368 e. The molecule has 0 saturated carbocycles. The van der Waals surface area contributed by atoms with Crippen molar-refractivity contribution < 1.29 is 4.39 Å². The molecule has 37 heavy (non-hydrogen) atoms. The van der Waals surface area contributed by atoms with E-state index in [0.717, 1.165) is 22.3 Å². The molecule has 7 nitrogen and oxygen atoms in total. The van der Waals surface area contributed by atoms with Crippen molar-refractivity contribution >= 4 is 17.3 Å². The average molecular weight is 491 g/mol. The summed E-state index contributed by atoms with van der Waals surface area (Å²) < 4.78 is 15.5. The number of fused-ring (bicyclic) bond motifs is 1. The van der Waals surface area contributed by atoms with E-state index in [1.807, 2.05) is 48.5 Å². The summed E-state index contributed by atoms with van der Waals surface area (Å²) in [6.07, 6.45) is 2.16. The zero-order chi connectivity index (χ0) is 25.9. The van der Waals surface area contributed by atoms with Crippen LogP contribution >= 0.6 is 0 Å². The van der Waals surface area contributed by atoms with Crippen molar-refractivity contribution in [2.45, 2.75) is 13.3 Å². The molecular formula is C29H23FN6O. The molecule has 5 rings (SSSR count). The van der Waals surface area contributed by atoms with E-state index in [1.165, 1.54) is 12.1 Å². The lowest BCUT2D eigenvalue weighted by Gasteiger charge is -2.19. The van der Waals surface area contributed by atoms with Crippen LogP contribution < -0.4 is 16.6 Å². The molecule has 0 aliphatic carbocycles. The second-order valence-electron chi connectivity index (χ2n) is 8.54. The van der Waals surface area contributed by atoms with Gasteiger partial charge in [-0.3, -0.25) is 9.20 Å². The van der Waals surface area contributed by atoms with Gasteiger partial charge in [0.15, 0.2) is 0 Å². The summed E-state index contributed by atoms with van der Waals surface area (Å²) in [6, 6.07) is 23.4. The summed E-state index contributed by atoms with van der Waals surface area (Å²) in [5, 5.41) is 12.8. The molecule has 2 aromatic carbocycles. The quantitative estimate of drug-likeness (QED) is 0.348. The molecule has 0 fully saturated rings. The standard InChI is InChI=1S/C29H23FN6O/c1-18-23(17-31)27(35-29(32)34-18)33-15-14-22-25(20-10-12-21(30)13-11-20)24-9-5-6-16-36(24)28(37)26(22)19-7-3-2-4-8-19/h2-13,16H,14-15H2,1H3,(H3,32,33,34,35). The number of aromatic nitrogens is 3. The fourth-order valence-corrected chi connectivity index (χ4v) is 4.61. The third kappa shape index (κ3) is 4.50. The van der Waals surface area contributed by atoms with E-state index in [0.29, 0.717) is 41.1 Å². The maximum absolute atomic E-state index is 13.8. The van der Waals surface area contributed by atoms with E-state index in [2.05, 4.69) is 21.4 Å². The number of rotatable bonds is 6. The third-order valence-corrected chi connectivity index (χ3v) is 6.23. The Morgan fingerprint density at radius 3 is 2.41 bits per heavy atom. The van der Waals surface area contributed by atoms with Gasteiger partial charge in [0, 0.05) is 18.3 Å². The van der Waals surface area contributed by atoms with Crippen molar-refractivity contribution in [1.29, 1.82) is 5.26 Å². The molecule has 0 saturated heterocycles. The van der Waals surface area contributed by atoms with Gasteiger partial charge in [-0.25, -0.2) is 9.37 Å². The molecule has 0 aliphatic rings. The summed E-state index contributed by atoms with van der Waals surface area (Å²) in [6.45, 7) is 2.06. The van der Waals surface area contributed by atoms with Gasteiger partial charge in [0.2, 0.25) is 5.95 Å². The number of hydrogen-bond acceptors (Lipinski definition) is 6. The SMILES string of the molecule is Cc1nc(N)nc(NCCc2c(-c3ccccc3)c(=O)n3ccccc3c2-c2ccc(F)cc2)c1C#N. The topological polar surface area (TPSA) is 109 Å². The van der Waals surface area contributed by atoms with Gasteiger partial charge in [-0.1, -0.05) is 48.5 Å². The predicted molar refractivity (Wildman–Crippen MR) is 143 cm³/mol. The number of nitriles is 1. The molecule has 3 heterocycles. The number of hydrogen-bond donors (Lipinski definition) is 2. The van der Waals surface area contributed by atoms with Crippen molar-refractivity contribution in [1.82, 2.24) is 14.4 Å². The van der Waals surface area contributed by atoms with Crippen LogP contribution in [-0.4, -0.2) is 20.9 Å². The number of anilines is 2. The van der Waals surface area contributed by atoms with Crippen molar-refractivity contribution in [3.05, 3.63) is 112 Å². The summed E-state index contributed by atoms with van der Waals surface area (Å²) in [4.78, 5) is 22.1. The van der Waals surface area contributed by atoms with E-state index in [1.54, 1.807) is 29.7 Å². The Kier molecular flexibility index (Phi) is 6.35. The van der Waals surface area contributed by atoms with E-state index >= 15 is 0 Å². The van der Waals surface area contributed by atoms with Gasteiger partial charge in [-0.05, 0) is 54.3 Å². The van der Waals surface area contributed by atoms with E-state index in [-0.39, 0.29) is 17.3 Å². The minimum atomic E-state index is -0.339. The highest BCUT2D eigenvalue weighted by Gasteiger charge is 2.21. The summed E-state index contributed by atoms with van der Waals surface area (Å²) in [5.41, 5.74) is 10.9. The lowest BCUT2D eigenvalue weighted by Crippen LogP contribution is -2.21. The van der Waals surface area contributed by atoms with Crippen LogP contribution in [-0.2, 0) is 6.42 Å². The number of aryl methyl sites for hydroxylation is 1. The normalized spacial score (nSPS) is 10.8. The molecule has 0 atom stereocenters. The van der Waals surface area contributed by atoms with Gasteiger partial charge in [0.1, 0.15) is 23.3 Å². The van der Waals surface area contributed by atoms with Crippen LogP contribution in [0.5, 0.6) is 0 Å². The van der Waals surface area contributed by atoms with Gasteiger partial charge < -0.3 is 11.1 Å². The largest absolute Gasteiger partial charge is 0.368 e. The Morgan fingerprint density at radius 1 is 0.973 bits per heavy atom. The molecule has 8 heteroatoms. The van der Waals surface area contributed by atoms with Crippen LogP contribution in [0.15, 0.2) is 83.8 Å². The zero-order valence-corrected chi connectivity index (χ0v) is 20.1. The van der Waals surface area contributed by atoms with Crippen LogP contribution in [0.4, 0.5) is 16.2 Å². The molecule has 0 aliphatic heterocycles. The highest BCUT2D eigenvalue weighted by Crippen LogP contribution is 2.34. The second kappa shape index (κ2) is 9.91. The number of pyridine rings is 2. The lowest BCUT2D eigenvalue weighted by molar-refractivity contribution is 0.628. The zero-order valence-electron chi connectivity index (χ0n) is 20.1. The summed E-state index contributed by atoms with van der Waals surface area (Å²) in [7, 11) is 0. The molecule has 0 bridgehead atoms. The molecule has 5 aromatic rings. The lowest BCUT2D eigenvalue weighted by atomic mass is 9.90. The molecule has 3 N–H and O–H groups in total. The molecule has 0 amide bonds. The Morgan fingerprint density at radius 2 is 1.68 bits per heavy atom. The van der Waals surface area contributed by atoms with E-state index in [9.17, 15) is 14.4 Å². The van der Waals surface area contributed by atoms with Crippen LogP contribution in [0, 0.1) is 24.1 Å². The van der Waals surface area contributed by atoms with Gasteiger partial charge >= 0.3 is 0 Å². The first-order valence-corrected chi connectivity index (χ1v) is 11.7. The van der Waals surface area contributed by atoms with Crippen LogP contribution in [0.25, 0.3) is 27.8 Å². The molecule has 0 unspecified atom stereocenters. The van der Waals surface area contributed by atoms with Gasteiger partial charge in [0.25, 0.3) is 5.56 Å². The number of halogens is 1. The van der Waals surface area contributed by atoms with Gasteiger partial charge in [0.05, 0.1) is 16.8 Å². The maximum Gasteiger partial charge on any atom is 0.263 e. The number of nitrogens with one attached hydrogen (secondary N) is 1. The van der Waals surface area contributed by atoms with Gasteiger partial charge in [-0.15, -0.1) is 0 Å². The van der Waals surface area contributed by atoms with Crippen LogP contribution in [0.2, 0.25) is 0 Å². The first kappa shape index (κ1) is 23.7. The highest BCUT2D eigenvalue weighted by atomic mass is 19.1. The smallest absolute Gasteiger partial charge is 0.263 e. The number of nitrogen functional groups attached to an aromatic ring is 1. The molecule has 0 radical (unpaired) electrons. The maximum atomic E-state index is 13.8. The van der Waals surface area contributed by atoms with Crippen molar-refractivity contribution in [2.24, 2.45) is 0 Å². The highest BCUT2D eigenvalue weighted by molar-refractivity contribution is 5.88. The van der Waals surface area contributed by atoms with Crippen molar-refractivity contribution in [2.75, 3.05) is 17.6 Å². The van der Waals surface area contributed by atoms with E-state index in [4.69, 9.17) is 5.73 Å². The fourth-order valence-electron chi connectivity index (χ4n) is 4.61.